The molecule has 0 unspecified atom stereocenters. The van der Waals surface area contributed by atoms with E-state index in [1.807, 2.05) is 0 Å². The van der Waals surface area contributed by atoms with Crippen LogP contribution in [0.4, 0.5) is 4.79 Å². The van der Waals surface area contributed by atoms with Crippen molar-refractivity contribution in [3.05, 3.63) is 29.6 Å². The van der Waals surface area contributed by atoms with Crippen LogP contribution in [0.2, 0.25) is 0 Å². The summed E-state index contributed by atoms with van der Waals surface area (Å²) >= 11 is 0. The van der Waals surface area contributed by atoms with E-state index in [1.165, 1.54) is 12.3 Å². The van der Waals surface area contributed by atoms with Crippen LogP contribution in [0.5, 0.6) is 0 Å². The largest absolute Gasteiger partial charge is 0.477 e. The van der Waals surface area contributed by atoms with Crippen molar-refractivity contribution in [3.63, 3.8) is 0 Å². The number of carboxylic acids is 1. The second-order valence-corrected chi connectivity index (χ2v) is 4.94. The van der Waals surface area contributed by atoms with Gasteiger partial charge in [-0.05, 0) is 17.5 Å². The van der Waals surface area contributed by atoms with E-state index in [0.717, 1.165) is 5.56 Å². The minimum absolute atomic E-state index is 0.0227. The molecule has 1 heterocycles. The maximum absolute atomic E-state index is 11.5. The molecule has 0 saturated carbocycles. The van der Waals surface area contributed by atoms with Gasteiger partial charge in [-0.25, -0.2) is 14.6 Å². The lowest BCUT2D eigenvalue weighted by Crippen LogP contribution is -2.37. The van der Waals surface area contributed by atoms with E-state index in [1.54, 1.807) is 6.07 Å². The van der Waals surface area contributed by atoms with Gasteiger partial charge in [0.25, 0.3) is 0 Å². The highest BCUT2D eigenvalue weighted by molar-refractivity contribution is 5.85. The Bertz CT molecular complexity index is 460. The molecule has 0 radical (unpaired) electrons. The van der Waals surface area contributed by atoms with Gasteiger partial charge in [0.1, 0.15) is 5.69 Å². The number of amides is 2. The van der Waals surface area contributed by atoms with Gasteiger partial charge in [-0.3, -0.25) is 0 Å². The number of carbonyl (C=O) groups excluding carboxylic acids is 1. The van der Waals surface area contributed by atoms with Crippen molar-refractivity contribution < 1.29 is 19.4 Å². The molecule has 0 saturated heterocycles. The highest BCUT2D eigenvalue weighted by atomic mass is 16.5. The maximum atomic E-state index is 11.5. The molecule has 1 rings (SSSR count). The molecule has 0 aliphatic carbocycles. The van der Waals surface area contributed by atoms with Crippen molar-refractivity contribution in [3.8, 4) is 0 Å². The number of hydrogen-bond donors (Lipinski definition) is 3. The van der Waals surface area contributed by atoms with Gasteiger partial charge in [-0.15, -0.1) is 0 Å². The minimum Gasteiger partial charge on any atom is -0.477 e. The summed E-state index contributed by atoms with van der Waals surface area (Å²) in [7, 11) is 0. The average molecular weight is 295 g/mol. The highest BCUT2D eigenvalue weighted by Crippen LogP contribution is 2.00. The Hall–Kier alpha value is -2.15. The number of rotatable bonds is 8. The number of pyridine rings is 1. The number of carboxylic acid groups (broad SMARTS) is 1. The molecule has 0 fully saturated rings. The summed E-state index contributed by atoms with van der Waals surface area (Å²) in [6.07, 6.45) is 1.43. The van der Waals surface area contributed by atoms with Crippen LogP contribution < -0.4 is 10.6 Å². The molecular weight excluding hydrogens is 274 g/mol. The molecule has 2 amide bonds. The molecule has 7 nitrogen and oxygen atoms in total. The molecule has 0 aromatic carbocycles. The van der Waals surface area contributed by atoms with Gasteiger partial charge in [0.2, 0.25) is 0 Å². The predicted octanol–water partition coefficient (Wildman–Crippen LogP) is 1.25. The first-order chi connectivity index (χ1) is 9.99. The van der Waals surface area contributed by atoms with Gasteiger partial charge < -0.3 is 20.5 Å². The normalized spacial score (nSPS) is 10.4. The zero-order valence-electron chi connectivity index (χ0n) is 12.3. The molecule has 0 atom stereocenters. The lowest BCUT2D eigenvalue weighted by molar-refractivity contribution is 0.0690. The van der Waals surface area contributed by atoms with Gasteiger partial charge in [0.05, 0.1) is 6.61 Å². The second kappa shape index (κ2) is 8.91. The van der Waals surface area contributed by atoms with Crippen molar-refractivity contribution in [2.24, 2.45) is 5.92 Å². The summed E-state index contributed by atoms with van der Waals surface area (Å²) in [6.45, 7) is 5.99. The molecule has 3 N–H and O–H groups in total. The standard InChI is InChI=1S/C14H21N3O4/c1-10(2)9-21-6-5-15-14(20)17-8-11-3-4-12(13(18)19)16-7-11/h3-4,7,10H,5-6,8-9H2,1-2H3,(H,18,19)(H2,15,17,20). The topological polar surface area (TPSA) is 101 Å². The molecule has 1 aromatic heterocycles. The summed E-state index contributed by atoms with van der Waals surface area (Å²) in [5, 5.41) is 14.0. The Kier molecular flexibility index (Phi) is 7.17. The number of ether oxygens (including phenoxy) is 1. The number of aromatic carboxylic acids is 1. The molecule has 0 bridgehead atoms. The number of aromatic nitrogens is 1. The van der Waals surface area contributed by atoms with Gasteiger partial charge in [0, 0.05) is 25.9 Å². The van der Waals surface area contributed by atoms with Gasteiger partial charge in [0.15, 0.2) is 0 Å². The molecule has 0 spiro atoms. The fraction of sp³-hybridized carbons (Fsp3) is 0.500. The average Bonchev–Trinajstić information content (AvgIpc) is 2.44. The number of carbonyl (C=O) groups is 2. The van der Waals surface area contributed by atoms with E-state index in [0.29, 0.717) is 25.7 Å². The fourth-order valence-corrected chi connectivity index (χ4v) is 1.46. The van der Waals surface area contributed by atoms with Crippen molar-refractivity contribution in [1.82, 2.24) is 15.6 Å². The van der Waals surface area contributed by atoms with E-state index < -0.39 is 5.97 Å². The van der Waals surface area contributed by atoms with Crippen LogP contribution in [0.3, 0.4) is 0 Å². The molecule has 0 aliphatic rings. The summed E-state index contributed by atoms with van der Waals surface area (Å²) in [6, 6.07) is 2.71. The van der Waals surface area contributed by atoms with Crippen molar-refractivity contribution in [1.29, 1.82) is 0 Å². The van der Waals surface area contributed by atoms with Gasteiger partial charge >= 0.3 is 12.0 Å². The molecule has 7 heteroatoms. The van der Waals surface area contributed by atoms with Crippen LogP contribution >= 0.6 is 0 Å². The van der Waals surface area contributed by atoms with E-state index in [2.05, 4.69) is 29.5 Å². The number of nitrogens with zero attached hydrogens (tertiary/aromatic N) is 1. The molecule has 0 aliphatic heterocycles. The molecular formula is C14H21N3O4. The summed E-state index contributed by atoms with van der Waals surface area (Å²) in [5.74, 6) is -0.603. The first kappa shape index (κ1) is 16.9. The fourth-order valence-electron chi connectivity index (χ4n) is 1.46. The monoisotopic (exact) mass is 295 g/mol. The zero-order chi connectivity index (χ0) is 15.7. The van der Waals surface area contributed by atoms with E-state index in [9.17, 15) is 9.59 Å². The Morgan fingerprint density at radius 2 is 2.10 bits per heavy atom. The van der Waals surface area contributed by atoms with E-state index in [-0.39, 0.29) is 18.3 Å². The van der Waals surface area contributed by atoms with Crippen LogP contribution in [0, 0.1) is 5.92 Å². The third-order valence-electron chi connectivity index (χ3n) is 2.48. The third-order valence-corrected chi connectivity index (χ3v) is 2.48. The Labute approximate surface area is 123 Å². The first-order valence-electron chi connectivity index (χ1n) is 6.76. The zero-order valence-corrected chi connectivity index (χ0v) is 12.3. The summed E-state index contributed by atoms with van der Waals surface area (Å²) in [4.78, 5) is 25.9. The predicted molar refractivity (Wildman–Crippen MR) is 77.1 cm³/mol. The molecule has 21 heavy (non-hydrogen) atoms. The van der Waals surface area contributed by atoms with Crippen LogP contribution in [0.15, 0.2) is 18.3 Å². The quantitative estimate of drug-likeness (QED) is 0.627. The minimum atomic E-state index is -1.08. The van der Waals surface area contributed by atoms with Crippen molar-refractivity contribution in [2.45, 2.75) is 20.4 Å². The van der Waals surface area contributed by atoms with Crippen LogP contribution in [-0.4, -0.2) is 41.8 Å². The van der Waals surface area contributed by atoms with Gasteiger partial charge in [-0.1, -0.05) is 19.9 Å². The second-order valence-electron chi connectivity index (χ2n) is 4.94. The maximum Gasteiger partial charge on any atom is 0.354 e. The van der Waals surface area contributed by atoms with Crippen molar-refractivity contribution in [2.75, 3.05) is 19.8 Å². The van der Waals surface area contributed by atoms with Crippen LogP contribution in [-0.2, 0) is 11.3 Å². The summed E-state index contributed by atoms with van der Waals surface area (Å²) in [5.41, 5.74) is 0.705. The Balaban J connectivity index is 2.19. The number of hydrogen-bond acceptors (Lipinski definition) is 4. The number of nitrogens with one attached hydrogen (secondary N) is 2. The summed E-state index contributed by atoms with van der Waals surface area (Å²) < 4.78 is 5.34. The Morgan fingerprint density at radius 1 is 1.33 bits per heavy atom. The van der Waals surface area contributed by atoms with Crippen LogP contribution in [0.25, 0.3) is 0 Å². The van der Waals surface area contributed by atoms with Crippen LogP contribution in [0.1, 0.15) is 29.9 Å². The lowest BCUT2D eigenvalue weighted by Gasteiger charge is -2.09. The molecule has 116 valence electrons. The van der Waals surface area contributed by atoms with E-state index in [4.69, 9.17) is 9.84 Å². The smallest absolute Gasteiger partial charge is 0.354 e. The highest BCUT2D eigenvalue weighted by Gasteiger charge is 2.04. The van der Waals surface area contributed by atoms with E-state index >= 15 is 0 Å². The SMILES string of the molecule is CC(C)COCCNC(=O)NCc1ccc(C(=O)O)nc1. The molecule has 1 aromatic rings. The lowest BCUT2D eigenvalue weighted by atomic mass is 10.2. The number of urea groups is 1. The van der Waals surface area contributed by atoms with Crippen molar-refractivity contribution >= 4 is 12.0 Å². The first-order valence-corrected chi connectivity index (χ1v) is 6.76. The van der Waals surface area contributed by atoms with Gasteiger partial charge in [-0.2, -0.15) is 0 Å². The Morgan fingerprint density at radius 3 is 2.67 bits per heavy atom. The third kappa shape index (κ3) is 7.26.